The van der Waals surface area contributed by atoms with Crippen LogP contribution in [0.3, 0.4) is 0 Å². The molecule has 0 amide bonds. The molecule has 1 aromatic rings. The molecule has 0 atom stereocenters. The Balaban J connectivity index is 0.000000810. The highest BCUT2D eigenvalue weighted by Crippen LogP contribution is 2.12. The van der Waals surface area contributed by atoms with Gasteiger partial charge in [-0.3, -0.25) is 4.98 Å². The van der Waals surface area contributed by atoms with Gasteiger partial charge in [0.2, 0.25) is 0 Å². The SMILES string of the molecule is Cl.NCc1ccncc1Br. The summed E-state index contributed by atoms with van der Waals surface area (Å²) in [6.07, 6.45) is 3.47. The van der Waals surface area contributed by atoms with Crippen molar-refractivity contribution >= 4 is 28.3 Å². The maximum atomic E-state index is 5.39. The monoisotopic (exact) mass is 222 g/mol. The number of nitrogens with two attached hydrogens (primary N) is 1. The molecule has 0 spiro atoms. The third-order valence-electron chi connectivity index (χ3n) is 1.08. The van der Waals surface area contributed by atoms with E-state index in [0.717, 1.165) is 10.0 Å². The number of pyridine rings is 1. The van der Waals surface area contributed by atoms with Crippen molar-refractivity contribution in [2.24, 2.45) is 5.73 Å². The first kappa shape index (κ1) is 9.88. The Kier molecular flexibility index (Phi) is 4.60. The topological polar surface area (TPSA) is 38.9 Å². The number of hydrogen-bond acceptors (Lipinski definition) is 2. The molecule has 2 nitrogen and oxygen atoms in total. The maximum Gasteiger partial charge on any atom is 0.0413 e. The number of halogens is 2. The van der Waals surface area contributed by atoms with Crippen LogP contribution >= 0.6 is 28.3 Å². The minimum absolute atomic E-state index is 0. The van der Waals surface area contributed by atoms with Crippen molar-refractivity contribution in [3.63, 3.8) is 0 Å². The Bertz CT molecular complexity index is 205. The predicted molar refractivity (Wildman–Crippen MR) is 47.1 cm³/mol. The van der Waals surface area contributed by atoms with Gasteiger partial charge in [0.25, 0.3) is 0 Å². The highest BCUT2D eigenvalue weighted by molar-refractivity contribution is 9.10. The number of nitrogens with zero attached hydrogens (tertiary/aromatic N) is 1. The fourth-order valence-corrected chi connectivity index (χ4v) is 0.982. The van der Waals surface area contributed by atoms with Crippen LogP contribution in [0.15, 0.2) is 22.9 Å². The van der Waals surface area contributed by atoms with E-state index < -0.39 is 0 Å². The summed E-state index contributed by atoms with van der Waals surface area (Å²) in [6.45, 7) is 0.559. The first-order valence-electron chi connectivity index (χ1n) is 2.63. The van der Waals surface area contributed by atoms with Crippen molar-refractivity contribution < 1.29 is 0 Å². The van der Waals surface area contributed by atoms with E-state index in [4.69, 9.17) is 5.73 Å². The van der Waals surface area contributed by atoms with Gasteiger partial charge in [0, 0.05) is 23.4 Å². The standard InChI is InChI=1S/C6H7BrN2.ClH/c7-6-4-9-2-1-5(6)3-8;/h1-2,4H,3,8H2;1H. The van der Waals surface area contributed by atoms with E-state index in [9.17, 15) is 0 Å². The second-order valence-electron chi connectivity index (χ2n) is 1.67. The molecule has 0 saturated carbocycles. The third kappa shape index (κ3) is 2.25. The van der Waals surface area contributed by atoms with Gasteiger partial charge in [-0.2, -0.15) is 0 Å². The summed E-state index contributed by atoms with van der Waals surface area (Å²) < 4.78 is 0.979. The van der Waals surface area contributed by atoms with E-state index in [-0.39, 0.29) is 12.4 Å². The number of hydrogen-bond donors (Lipinski definition) is 1. The van der Waals surface area contributed by atoms with Crippen molar-refractivity contribution in [1.29, 1.82) is 0 Å². The molecule has 0 saturated heterocycles. The molecule has 0 radical (unpaired) electrons. The highest BCUT2D eigenvalue weighted by Gasteiger charge is 1.92. The van der Waals surface area contributed by atoms with Gasteiger partial charge in [0.15, 0.2) is 0 Å². The smallest absolute Gasteiger partial charge is 0.0413 e. The Morgan fingerprint density at radius 2 is 2.30 bits per heavy atom. The Morgan fingerprint density at radius 1 is 1.60 bits per heavy atom. The van der Waals surface area contributed by atoms with Gasteiger partial charge in [-0.1, -0.05) is 0 Å². The zero-order chi connectivity index (χ0) is 6.69. The first-order valence-corrected chi connectivity index (χ1v) is 3.42. The highest BCUT2D eigenvalue weighted by atomic mass is 79.9. The average Bonchev–Trinajstić information content (AvgIpc) is 1.89. The van der Waals surface area contributed by atoms with Gasteiger partial charge >= 0.3 is 0 Å². The Morgan fingerprint density at radius 3 is 2.70 bits per heavy atom. The number of rotatable bonds is 1. The quantitative estimate of drug-likeness (QED) is 0.787. The van der Waals surface area contributed by atoms with E-state index >= 15 is 0 Å². The van der Waals surface area contributed by atoms with Crippen molar-refractivity contribution in [1.82, 2.24) is 4.98 Å². The lowest BCUT2D eigenvalue weighted by molar-refractivity contribution is 1.05. The normalized spacial score (nSPS) is 8.60. The predicted octanol–water partition coefficient (Wildman–Crippen LogP) is 1.72. The van der Waals surface area contributed by atoms with Crippen LogP contribution in [0.2, 0.25) is 0 Å². The van der Waals surface area contributed by atoms with E-state index in [2.05, 4.69) is 20.9 Å². The van der Waals surface area contributed by atoms with Crippen LogP contribution in [0.1, 0.15) is 5.56 Å². The summed E-state index contributed by atoms with van der Waals surface area (Å²) in [5.74, 6) is 0. The molecule has 10 heavy (non-hydrogen) atoms. The van der Waals surface area contributed by atoms with Crippen LogP contribution in [0.25, 0.3) is 0 Å². The molecule has 0 fully saturated rings. The molecule has 0 aromatic carbocycles. The lowest BCUT2D eigenvalue weighted by Crippen LogP contribution is -1.96. The number of aromatic nitrogens is 1. The molecule has 1 aromatic heterocycles. The van der Waals surface area contributed by atoms with E-state index in [1.165, 1.54) is 0 Å². The molecule has 0 aliphatic carbocycles. The minimum Gasteiger partial charge on any atom is -0.326 e. The maximum absolute atomic E-state index is 5.39. The van der Waals surface area contributed by atoms with Gasteiger partial charge in [0.1, 0.15) is 0 Å². The van der Waals surface area contributed by atoms with Gasteiger partial charge < -0.3 is 5.73 Å². The average molecular weight is 224 g/mol. The van der Waals surface area contributed by atoms with Crippen LogP contribution in [0, 0.1) is 0 Å². The van der Waals surface area contributed by atoms with Gasteiger partial charge in [-0.15, -0.1) is 12.4 Å². The molecule has 1 rings (SSSR count). The van der Waals surface area contributed by atoms with Crippen molar-refractivity contribution in [3.8, 4) is 0 Å². The summed E-state index contributed by atoms with van der Waals surface area (Å²) in [5.41, 5.74) is 6.48. The molecule has 56 valence electrons. The molecule has 0 aliphatic heterocycles. The molecule has 0 aliphatic rings. The van der Waals surface area contributed by atoms with Crippen molar-refractivity contribution in [2.75, 3.05) is 0 Å². The van der Waals surface area contributed by atoms with Gasteiger partial charge in [-0.05, 0) is 27.6 Å². The van der Waals surface area contributed by atoms with Crippen LogP contribution < -0.4 is 5.73 Å². The van der Waals surface area contributed by atoms with Crippen LogP contribution in [0.4, 0.5) is 0 Å². The van der Waals surface area contributed by atoms with Crippen LogP contribution in [-0.2, 0) is 6.54 Å². The third-order valence-corrected chi connectivity index (χ3v) is 1.79. The van der Waals surface area contributed by atoms with Crippen molar-refractivity contribution in [3.05, 3.63) is 28.5 Å². The molecular formula is C6H8BrClN2. The Hall–Kier alpha value is -0.120. The Labute approximate surface area is 74.4 Å². The molecule has 0 unspecified atom stereocenters. The second-order valence-corrected chi connectivity index (χ2v) is 2.53. The summed E-state index contributed by atoms with van der Waals surface area (Å²) in [6, 6.07) is 1.89. The first-order chi connectivity index (χ1) is 4.34. The zero-order valence-electron chi connectivity index (χ0n) is 5.25. The zero-order valence-corrected chi connectivity index (χ0v) is 7.65. The molecule has 1 heterocycles. The summed E-state index contributed by atoms with van der Waals surface area (Å²) in [4.78, 5) is 3.89. The van der Waals surface area contributed by atoms with Crippen molar-refractivity contribution in [2.45, 2.75) is 6.54 Å². The fraction of sp³-hybridized carbons (Fsp3) is 0.167. The largest absolute Gasteiger partial charge is 0.326 e. The van der Waals surface area contributed by atoms with Gasteiger partial charge in [0.05, 0.1) is 0 Å². The van der Waals surface area contributed by atoms with Crippen LogP contribution in [0.5, 0.6) is 0 Å². The van der Waals surface area contributed by atoms with Crippen LogP contribution in [-0.4, -0.2) is 4.98 Å². The lowest BCUT2D eigenvalue weighted by Gasteiger charge is -1.96. The summed E-state index contributed by atoms with van der Waals surface area (Å²) in [7, 11) is 0. The minimum atomic E-state index is 0. The van der Waals surface area contributed by atoms with E-state index in [1.807, 2.05) is 6.07 Å². The molecule has 0 bridgehead atoms. The molecular weight excluding hydrogens is 215 g/mol. The summed E-state index contributed by atoms with van der Waals surface area (Å²) >= 11 is 3.31. The molecule has 2 N–H and O–H groups in total. The lowest BCUT2D eigenvalue weighted by atomic mass is 10.3. The van der Waals surface area contributed by atoms with E-state index in [1.54, 1.807) is 12.4 Å². The second kappa shape index (κ2) is 4.66. The van der Waals surface area contributed by atoms with E-state index in [0.29, 0.717) is 6.54 Å². The van der Waals surface area contributed by atoms with Gasteiger partial charge in [-0.25, -0.2) is 0 Å². The fourth-order valence-electron chi connectivity index (χ4n) is 0.570. The summed E-state index contributed by atoms with van der Waals surface area (Å²) in [5, 5.41) is 0. The molecule has 4 heteroatoms.